The van der Waals surface area contributed by atoms with E-state index < -0.39 is 16.1 Å². The number of sulfonamides is 1. The molecule has 1 heterocycles. The molecule has 1 aromatic rings. The van der Waals surface area contributed by atoms with Crippen molar-refractivity contribution in [2.75, 3.05) is 26.2 Å². The minimum atomic E-state index is -3.63. The number of amides is 1. The first kappa shape index (κ1) is 18.9. The number of aryl methyl sites for hydroxylation is 2. The predicted molar refractivity (Wildman–Crippen MR) is 91.1 cm³/mol. The molecular formula is C16H25N3O4S. The number of hydrogen-bond acceptors (Lipinski definition) is 5. The van der Waals surface area contributed by atoms with Gasteiger partial charge in [0, 0.05) is 38.5 Å². The molecule has 134 valence electrons. The number of benzene rings is 1. The summed E-state index contributed by atoms with van der Waals surface area (Å²) in [7, 11) is -3.63. The summed E-state index contributed by atoms with van der Waals surface area (Å²) in [4.78, 5) is 12.0. The Kier molecular flexibility index (Phi) is 6.34. The van der Waals surface area contributed by atoms with Crippen molar-refractivity contribution in [3.63, 3.8) is 0 Å². The van der Waals surface area contributed by atoms with Gasteiger partial charge < -0.3 is 15.7 Å². The maximum absolute atomic E-state index is 12.3. The van der Waals surface area contributed by atoms with Crippen molar-refractivity contribution in [1.82, 2.24) is 15.4 Å². The largest absolute Gasteiger partial charge is 0.391 e. The van der Waals surface area contributed by atoms with E-state index in [0.717, 1.165) is 5.56 Å². The van der Waals surface area contributed by atoms with Gasteiger partial charge in [0.15, 0.2) is 0 Å². The first-order chi connectivity index (χ1) is 11.3. The second kappa shape index (κ2) is 8.06. The quantitative estimate of drug-likeness (QED) is 0.536. The number of rotatable bonds is 7. The molecule has 0 saturated carbocycles. The fourth-order valence-electron chi connectivity index (χ4n) is 2.63. The lowest BCUT2D eigenvalue weighted by molar-refractivity contribution is -0.121. The molecule has 1 fully saturated rings. The van der Waals surface area contributed by atoms with Crippen molar-refractivity contribution in [3.8, 4) is 0 Å². The fourth-order valence-corrected chi connectivity index (χ4v) is 3.99. The first-order valence-corrected chi connectivity index (χ1v) is 9.50. The van der Waals surface area contributed by atoms with Gasteiger partial charge in [-0.1, -0.05) is 12.1 Å². The van der Waals surface area contributed by atoms with Gasteiger partial charge in [-0.15, -0.1) is 0 Å². The predicted octanol–water partition coefficient (Wildman–Crippen LogP) is -0.332. The van der Waals surface area contributed by atoms with E-state index in [1.807, 2.05) is 13.0 Å². The Labute approximate surface area is 142 Å². The highest BCUT2D eigenvalue weighted by Gasteiger charge is 2.25. The second-order valence-electron chi connectivity index (χ2n) is 6.21. The van der Waals surface area contributed by atoms with Crippen molar-refractivity contribution in [1.29, 1.82) is 0 Å². The summed E-state index contributed by atoms with van der Waals surface area (Å²) in [6, 6.07) is 5.23. The van der Waals surface area contributed by atoms with Crippen LogP contribution in [0.4, 0.5) is 0 Å². The maximum Gasteiger partial charge on any atom is 0.240 e. The zero-order chi connectivity index (χ0) is 17.7. The van der Waals surface area contributed by atoms with Gasteiger partial charge in [-0.2, -0.15) is 0 Å². The highest BCUT2D eigenvalue weighted by Crippen LogP contribution is 2.16. The maximum atomic E-state index is 12.3. The third kappa shape index (κ3) is 5.01. The molecule has 2 atom stereocenters. The average molecular weight is 355 g/mol. The van der Waals surface area contributed by atoms with Crippen molar-refractivity contribution in [3.05, 3.63) is 29.3 Å². The summed E-state index contributed by atoms with van der Waals surface area (Å²) in [5, 5.41) is 15.4. The summed E-state index contributed by atoms with van der Waals surface area (Å²) in [6.07, 6.45) is -0.395. The van der Waals surface area contributed by atoms with E-state index >= 15 is 0 Å². The van der Waals surface area contributed by atoms with Gasteiger partial charge in [0.1, 0.15) is 0 Å². The minimum Gasteiger partial charge on any atom is -0.391 e. The molecule has 0 aromatic heterocycles. The first-order valence-electron chi connectivity index (χ1n) is 8.02. The van der Waals surface area contributed by atoms with E-state index in [2.05, 4.69) is 15.4 Å². The molecule has 8 heteroatoms. The van der Waals surface area contributed by atoms with E-state index in [1.165, 1.54) is 0 Å². The number of aliphatic hydroxyl groups excluding tert-OH is 1. The minimum absolute atomic E-state index is 0.000542. The molecule has 24 heavy (non-hydrogen) atoms. The molecule has 0 radical (unpaired) electrons. The number of aliphatic hydroxyl groups is 1. The Hall–Kier alpha value is -1.48. The normalized spacial score (nSPS) is 21.0. The third-order valence-corrected chi connectivity index (χ3v) is 5.75. The monoisotopic (exact) mass is 355 g/mol. The number of carbonyl (C=O) groups is 1. The average Bonchev–Trinajstić information content (AvgIpc) is 2.92. The zero-order valence-electron chi connectivity index (χ0n) is 14.0. The molecule has 0 aliphatic carbocycles. The lowest BCUT2D eigenvalue weighted by Gasteiger charge is -2.14. The van der Waals surface area contributed by atoms with Gasteiger partial charge in [0.2, 0.25) is 15.9 Å². The van der Waals surface area contributed by atoms with Crippen LogP contribution in [0.2, 0.25) is 0 Å². The molecule has 1 aliphatic rings. The third-order valence-electron chi connectivity index (χ3n) is 4.14. The van der Waals surface area contributed by atoms with Gasteiger partial charge in [0.05, 0.1) is 11.0 Å². The Bertz CT molecular complexity index is 691. The van der Waals surface area contributed by atoms with Gasteiger partial charge in [-0.3, -0.25) is 4.79 Å². The molecule has 0 spiro atoms. The summed E-state index contributed by atoms with van der Waals surface area (Å²) in [6.45, 7) is 5.19. The van der Waals surface area contributed by atoms with E-state index in [9.17, 15) is 18.3 Å². The van der Waals surface area contributed by atoms with Crippen LogP contribution in [0.5, 0.6) is 0 Å². The van der Waals surface area contributed by atoms with Crippen LogP contribution < -0.4 is 15.4 Å². The second-order valence-corrected chi connectivity index (χ2v) is 7.94. The number of nitrogens with one attached hydrogen (secondary N) is 3. The molecule has 1 saturated heterocycles. The Morgan fingerprint density at radius 3 is 2.75 bits per heavy atom. The SMILES string of the molecule is Cc1ccc(C)c(S(=O)(=O)NCCC(=O)NCC2CNCC2O)c1. The number of hydrogen-bond donors (Lipinski definition) is 4. The molecule has 4 N–H and O–H groups in total. The molecular weight excluding hydrogens is 330 g/mol. The van der Waals surface area contributed by atoms with Gasteiger partial charge in [0.25, 0.3) is 0 Å². The Balaban J connectivity index is 1.80. The Morgan fingerprint density at radius 2 is 2.08 bits per heavy atom. The van der Waals surface area contributed by atoms with Crippen molar-refractivity contribution in [2.45, 2.75) is 31.3 Å². The van der Waals surface area contributed by atoms with Crippen LogP contribution in [-0.2, 0) is 14.8 Å². The van der Waals surface area contributed by atoms with Crippen LogP contribution in [0.25, 0.3) is 0 Å². The molecule has 1 aliphatic heterocycles. The fraction of sp³-hybridized carbons (Fsp3) is 0.562. The van der Waals surface area contributed by atoms with Gasteiger partial charge >= 0.3 is 0 Å². The van der Waals surface area contributed by atoms with Crippen molar-refractivity contribution < 1.29 is 18.3 Å². The van der Waals surface area contributed by atoms with E-state index in [1.54, 1.807) is 19.1 Å². The van der Waals surface area contributed by atoms with Crippen LogP contribution in [-0.4, -0.2) is 51.7 Å². The van der Waals surface area contributed by atoms with E-state index in [-0.39, 0.29) is 29.7 Å². The highest BCUT2D eigenvalue weighted by atomic mass is 32.2. The summed E-state index contributed by atoms with van der Waals surface area (Å²) < 4.78 is 27.1. The topological polar surface area (TPSA) is 108 Å². The summed E-state index contributed by atoms with van der Waals surface area (Å²) in [5.41, 5.74) is 1.53. The molecule has 1 aromatic carbocycles. The standard InChI is InChI=1S/C16H25N3O4S/c1-11-3-4-12(2)15(7-11)24(22,23)19-6-5-16(21)18-9-13-8-17-10-14(13)20/h3-4,7,13-14,17,19-20H,5-6,8-10H2,1-2H3,(H,18,21). The van der Waals surface area contributed by atoms with Crippen molar-refractivity contribution >= 4 is 15.9 Å². The zero-order valence-corrected chi connectivity index (χ0v) is 14.8. The van der Waals surface area contributed by atoms with Gasteiger partial charge in [-0.05, 0) is 31.0 Å². The highest BCUT2D eigenvalue weighted by molar-refractivity contribution is 7.89. The van der Waals surface area contributed by atoms with Crippen LogP contribution in [0.3, 0.4) is 0 Å². The molecule has 1 amide bonds. The number of carbonyl (C=O) groups excluding carboxylic acids is 1. The summed E-state index contributed by atoms with van der Waals surface area (Å²) in [5.74, 6) is -0.238. The van der Waals surface area contributed by atoms with Crippen LogP contribution in [0.15, 0.2) is 23.1 Å². The number of β-amino-alcohol motifs (C(OH)–C–C–N with tert-alkyl or cyclic N) is 1. The van der Waals surface area contributed by atoms with Gasteiger partial charge in [-0.25, -0.2) is 13.1 Å². The van der Waals surface area contributed by atoms with Crippen LogP contribution in [0, 0.1) is 19.8 Å². The smallest absolute Gasteiger partial charge is 0.240 e. The molecule has 0 bridgehead atoms. The van der Waals surface area contributed by atoms with Crippen molar-refractivity contribution in [2.24, 2.45) is 5.92 Å². The lowest BCUT2D eigenvalue weighted by atomic mass is 10.1. The molecule has 2 unspecified atom stereocenters. The van der Waals surface area contributed by atoms with E-state index in [4.69, 9.17) is 0 Å². The lowest BCUT2D eigenvalue weighted by Crippen LogP contribution is -2.36. The van der Waals surface area contributed by atoms with E-state index in [0.29, 0.717) is 25.2 Å². The summed E-state index contributed by atoms with van der Waals surface area (Å²) >= 11 is 0. The van der Waals surface area contributed by atoms with Crippen LogP contribution >= 0.6 is 0 Å². The molecule has 2 rings (SSSR count). The van der Waals surface area contributed by atoms with Crippen LogP contribution in [0.1, 0.15) is 17.5 Å². The Morgan fingerprint density at radius 1 is 1.33 bits per heavy atom. The molecule has 7 nitrogen and oxygen atoms in total.